The van der Waals surface area contributed by atoms with Crippen LogP contribution in [0.5, 0.6) is 0 Å². The van der Waals surface area contributed by atoms with Crippen LogP contribution in [-0.2, 0) is 0 Å². The Balaban J connectivity index is 2.33. The largest absolute Gasteiger partial charge is 0.381 e. The molecule has 0 aliphatic carbocycles. The van der Waals surface area contributed by atoms with E-state index < -0.39 is 17.5 Å². The van der Waals surface area contributed by atoms with Crippen molar-refractivity contribution in [2.75, 3.05) is 11.1 Å². The van der Waals surface area contributed by atoms with Crippen LogP contribution in [0.25, 0.3) is 0 Å². The van der Waals surface area contributed by atoms with Gasteiger partial charge in [0.15, 0.2) is 11.6 Å². The van der Waals surface area contributed by atoms with Crippen LogP contribution in [0.2, 0.25) is 0 Å². The quantitative estimate of drug-likeness (QED) is 0.880. The minimum absolute atomic E-state index is 0.250. The van der Waals surface area contributed by atoms with Crippen molar-refractivity contribution in [3.63, 3.8) is 0 Å². The minimum atomic E-state index is -0.903. The number of carbonyl (C=O) groups excluding carboxylic acids is 1. The summed E-state index contributed by atoms with van der Waals surface area (Å²) in [5.74, 6) is -2.52. The SMILES string of the molecule is Cc1cc(Br)c(F)cc1NC(=O)c1ccnc(N)c1F. The fourth-order valence-electron chi connectivity index (χ4n) is 1.61. The van der Waals surface area contributed by atoms with Crippen molar-refractivity contribution in [1.29, 1.82) is 0 Å². The molecule has 0 bridgehead atoms. The lowest BCUT2D eigenvalue weighted by Crippen LogP contribution is -2.16. The minimum Gasteiger partial charge on any atom is -0.381 e. The van der Waals surface area contributed by atoms with E-state index in [0.29, 0.717) is 5.56 Å². The van der Waals surface area contributed by atoms with E-state index in [1.54, 1.807) is 6.92 Å². The lowest BCUT2D eigenvalue weighted by molar-refractivity contribution is 0.102. The number of nitrogens with zero attached hydrogens (tertiary/aromatic N) is 1. The average Bonchev–Trinajstić information content (AvgIpc) is 2.39. The third-order valence-corrected chi connectivity index (χ3v) is 3.28. The lowest BCUT2D eigenvalue weighted by atomic mass is 10.1. The second-order valence-corrected chi connectivity index (χ2v) is 4.95. The molecule has 0 atom stereocenters. The molecule has 0 aliphatic rings. The van der Waals surface area contributed by atoms with Crippen molar-refractivity contribution in [2.24, 2.45) is 0 Å². The van der Waals surface area contributed by atoms with Crippen molar-refractivity contribution in [3.05, 3.63) is 51.6 Å². The molecule has 0 aliphatic heterocycles. The average molecular weight is 342 g/mol. The fourth-order valence-corrected chi connectivity index (χ4v) is 2.06. The van der Waals surface area contributed by atoms with E-state index in [0.717, 1.165) is 6.07 Å². The van der Waals surface area contributed by atoms with Crippen LogP contribution in [0, 0.1) is 18.6 Å². The van der Waals surface area contributed by atoms with Crippen molar-refractivity contribution < 1.29 is 13.6 Å². The summed E-state index contributed by atoms with van der Waals surface area (Å²) in [6, 6.07) is 3.87. The number of halogens is 3. The number of amides is 1. The Morgan fingerprint density at radius 3 is 2.80 bits per heavy atom. The van der Waals surface area contributed by atoms with E-state index >= 15 is 0 Å². The summed E-state index contributed by atoms with van der Waals surface area (Å²) < 4.78 is 27.4. The van der Waals surface area contributed by atoms with Gasteiger partial charge in [0.25, 0.3) is 5.91 Å². The zero-order valence-electron chi connectivity index (χ0n) is 10.4. The lowest BCUT2D eigenvalue weighted by Gasteiger charge is -2.10. The first-order valence-corrected chi connectivity index (χ1v) is 6.36. The predicted octanol–water partition coefficient (Wildman–Crippen LogP) is 3.27. The highest BCUT2D eigenvalue weighted by atomic mass is 79.9. The Hall–Kier alpha value is -2.02. The summed E-state index contributed by atoms with van der Waals surface area (Å²) in [7, 11) is 0. The standard InChI is InChI=1S/C13H10BrF2N3O/c1-6-4-8(14)9(15)5-10(6)19-13(20)7-2-3-18-12(17)11(7)16/h2-5H,1H3,(H2,17,18)(H,19,20). The van der Waals surface area contributed by atoms with Crippen molar-refractivity contribution in [3.8, 4) is 0 Å². The molecule has 1 aromatic carbocycles. The van der Waals surface area contributed by atoms with E-state index in [2.05, 4.69) is 26.2 Å². The highest BCUT2D eigenvalue weighted by Gasteiger charge is 2.16. The molecule has 0 fully saturated rings. The number of nitrogens with one attached hydrogen (secondary N) is 1. The molecule has 1 amide bonds. The molecule has 0 unspecified atom stereocenters. The molecule has 104 valence electrons. The number of aryl methyl sites for hydroxylation is 1. The normalized spacial score (nSPS) is 10.4. The van der Waals surface area contributed by atoms with Crippen molar-refractivity contribution in [2.45, 2.75) is 6.92 Å². The van der Waals surface area contributed by atoms with Crippen LogP contribution in [0.4, 0.5) is 20.3 Å². The Bertz CT molecular complexity index is 692. The van der Waals surface area contributed by atoms with Crippen LogP contribution in [-0.4, -0.2) is 10.9 Å². The van der Waals surface area contributed by atoms with Gasteiger partial charge in [-0.2, -0.15) is 0 Å². The summed E-state index contributed by atoms with van der Waals surface area (Å²) in [6.45, 7) is 1.69. The number of carbonyl (C=O) groups is 1. The number of rotatable bonds is 2. The third kappa shape index (κ3) is 2.77. The van der Waals surface area contributed by atoms with Crippen LogP contribution in [0.15, 0.2) is 28.9 Å². The Morgan fingerprint density at radius 2 is 2.10 bits per heavy atom. The van der Waals surface area contributed by atoms with Crippen LogP contribution < -0.4 is 11.1 Å². The molecule has 2 rings (SSSR count). The van der Waals surface area contributed by atoms with Gasteiger partial charge in [-0.25, -0.2) is 13.8 Å². The van der Waals surface area contributed by atoms with Crippen LogP contribution in [0.1, 0.15) is 15.9 Å². The maximum absolute atomic E-state index is 13.7. The predicted molar refractivity (Wildman–Crippen MR) is 75.4 cm³/mol. The number of nitrogens with two attached hydrogens (primary N) is 1. The maximum Gasteiger partial charge on any atom is 0.258 e. The number of aromatic nitrogens is 1. The molecule has 20 heavy (non-hydrogen) atoms. The first-order valence-electron chi connectivity index (χ1n) is 5.57. The fraction of sp³-hybridized carbons (Fsp3) is 0.0769. The summed E-state index contributed by atoms with van der Waals surface area (Å²) in [5.41, 5.74) is 5.93. The number of pyridine rings is 1. The van der Waals surface area contributed by atoms with Crippen LogP contribution >= 0.6 is 15.9 Å². The smallest absolute Gasteiger partial charge is 0.258 e. The highest BCUT2D eigenvalue weighted by Crippen LogP contribution is 2.24. The Labute approximate surface area is 122 Å². The van der Waals surface area contributed by atoms with Crippen molar-refractivity contribution in [1.82, 2.24) is 4.98 Å². The molecule has 1 aromatic heterocycles. The molecular weight excluding hydrogens is 332 g/mol. The first-order chi connectivity index (χ1) is 9.40. The molecule has 4 nitrogen and oxygen atoms in total. The zero-order chi connectivity index (χ0) is 14.9. The number of hydrogen-bond acceptors (Lipinski definition) is 3. The number of benzene rings is 1. The molecule has 0 spiro atoms. The topological polar surface area (TPSA) is 68.0 Å². The molecule has 0 saturated carbocycles. The van der Waals surface area contributed by atoms with Gasteiger partial charge in [0.05, 0.1) is 10.0 Å². The molecule has 7 heteroatoms. The van der Waals surface area contributed by atoms with E-state index in [9.17, 15) is 13.6 Å². The molecule has 1 heterocycles. The summed E-state index contributed by atoms with van der Waals surface area (Å²) in [4.78, 5) is 15.5. The highest BCUT2D eigenvalue weighted by molar-refractivity contribution is 9.10. The van der Waals surface area contributed by atoms with Gasteiger partial charge < -0.3 is 11.1 Å². The second-order valence-electron chi connectivity index (χ2n) is 4.09. The summed E-state index contributed by atoms with van der Waals surface area (Å²) in [6.07, 6.45) is 1.22. The number of anilines is 2. The van der Waals surface area contributed by atoms with Gasteiger partial charge in [-0.3, -0.25) is 4.79 Å². The zero-order valence-corrected chi connectivity index (χ0v) is 12.0. The molecule has 2 aromatic rings. The van der Waals surface area contributed by atoms with E-state index in [-0.39, 0.29) is 21.5 Å². The van der Waals surface area contributed by atoms with Gasteiger partial charge in [-0.15, -0.1) is 0 Å². The molecule has 3 N–H and O–H groups in total. The van der Waals surface area contributed by atoms with Gasteiger partial charge in [-0.05, 0) is 46.6 Å². The van der Waals surface area contributed by atoms with Gasteiger partial charge in [0.2, 0.25) is 0 Å². The van der Waals surface area contributed by atoms with E-state index in [1.165, 1.54) is 18.3 Å². The van der Waals surface area contributed by atoms with Gasteiger partial charge >= 0.3 is 0 Å². The number of hydrogen-bond donors (Lipinski definition) is 2. The molecule has 0 saturated heterocycles. The molecular formula is C13H10BrF2N3O. The Morgan fingerprint density at radius 1 is 1.40 bits per heavy atom. The van der Waals surface area contributed by atoms with Gasteiger partial charge in [0.1, 0.15) is 5.82 Å². The number of nitrogen functional groups attached to an aromatic ring is 1. The first kappa shape index (κ1) is 14.4. The third-order valence-electron chi connectivity index (χ3n) is 2.68. The molecule has 0 radical (unpaired) electrons. The van der Waals surface area contributed by atoms with Crippen molar-refractivity contribution >= 4 is 33.3 Å². The van der Waals surface area contributed by atoms with E-state index in [4.69, 9.17) is 5.73 Å². The monoisotopic (exact) mass is 341 g/mol. The Kier molecular flexibility index (Phi) is 3.99. The maximum atomic E-state index is 13.7. The second kappa shape index (κ2) is 5.54. The summed E-state index contributed by atoms with van der Waals surface area (Å²) >= 11 is 3.04. The van der Waals surface area contributed by atoms with Gasteiger partial charge in [0, 0.05) is 11.9 Å². The van der Waals surface area contributed by atoms with Gasteiger partial charge in [-0.1, -0.05) is 0 Å². The van der Waals surface area contributed by atoms with E-state index in [1.807, 2.05) is 0 Å². The van der Waals surface area contributed by atoms with Crippen LogP contribution in [0.3, 0.4) is 0 Å². The summed E-state index contributed by atoms with van der Waals surface area (Å²) in [5, 5.41) is 2.44.